The zero-order valence-electron chi connectivity index (χ0n) is 10.2. The fraction of sp³-hybridized carbons (Fsp3) is 0.125. The second-order valence-electron chi connectivity index (χ2n) is 4.22. The van der Waals surface area contributed by atoms with E-state index in [0.717, 1.165) is 17.1 Å². The average Bonchev–Trinajstić information content (AvgIpc) is 2.82. The van der Waals surface area contributed by atoms with Crippen LogP contribution >= 0.6 is 0 Å². The summed E-state index contributed by atoms with van der Waals surface area (Å²) in [7, 11) is 1.72. The standard InChI is InChI=1S/C16H14O2/c1-17-16-10-7-12-11-14(8-9-15(12)16)18-13-5-3-2-4-6-13/h2-11,16H,1H3. The number of benzene rings is 2. The van der Waals surface area contributed by atoms with Gasteiger partial charge in [0.05, 0.1) is 0 Å². The van der Waals surface area contributed by atoms with Crippen molar-refractivity contribution in [1.29, 1.82) is 0 Å². The molecule has 2 nitrogen and oxygen atoms in total. The van der Waals surface area contributed by atoms with Crippen LogP contribution in [0.4, 0.5) is 0 Å². The predicted octanol–water partition coefficient (Wildman–Crippen LogP) is 4.19. The number of para-hydroxylation sites is 1. The van der Waals surface area contributed by atoms with Gasteiger partial charge in [0.2, 0.25) is 0 Å². The maximum absolute atomic E-state index is 5.80. The first kappa shape index (κ1) is 11.1. The quantitative estimate of drug-likeness (QED) is 0.798. The summed E-state index contributed by atoms with van der Waals surface area (Å²) in [6.45, 7) is 0. The molecular formula is C16H14O2. The molecule has 2 heteroatoms. The van der Waals surface area contributed by atoms with E-state index in [2.05, 4.69) is 18.2 Å². The molecule has 0 aliphatic heterocycles. The lowest BCUT2D eigenvalue weighted by molar-refractivity contribution is 0.145. The second-order valence-corrected chi connectivity index (χ2v) is 4.22. The highest BCUT2D eigenvalue weighted by atomic mass is 16.5. The third-order valence-corrected chi connectivity index (χ3v) is 3.05. The van der Waals surface area contributed by atoms with Crippen LogP contribution in [0, 0.1) is 0 Å². The molecule has 1 unspecified atom stereocenters. The Kier molecular flexibility index (Phi) is 2.87. The van der Waals surface area contributed by atoms with Gasteiger partial charge in [-0.1, -0.05) is 36.4 Å². The van der Waals surface area contributed by atoms with E-state index in [1.54, 1.807) is 7.11 Å². The molecule has 0 heterocycles. The fourth-order valence-corrected chi connectivity index (χ4v) is 2.14. The van der Waals surface area contributed by atoms with E-state index in [4.69, 9.17) is 9.47 Å². The van der Waals surface area contributed by atoms with Gasteiger partial charge in [0.15, 0.2) is 0 Å². The summed E-state index contributed by atoms with van der Waals surface area (Å²) in [4.78, 5) is 0. The van der Waals surface area contributed by atoms with Gasteiger partial charge in [-0.3, -0.25) is 0 Å². The zero-order chi connectivity index (χ0) is 12.4. The Hall–Kier alpha value is -2.06. The Balaban J connectivity index is 1.86. The molecule has 3 rings (SSSR count). The van der Waals surface area contributed by atoms with Crippen molar-refractivity contribution in [1.82, 2.24) is 0 Å². The molecule has 0 N–H and O–H groups in total. The third-order valence-electron chi connectivity index (χ3n) is 3.05. The molecule has 2 aromatic carbocycles. The van der Waals surface area contributed by atoms with E-state index < -0.39 is 0 Å². The Morgan fingerprint density at radius 3 is 2.56 bits per heavy atom. The Bertz CT molecular complexity index is 573. The lowest BCUT2D eigenvalue weighted by atomic mass is 10.1. The van der Waals surface area contributed by atoms with Crippen LogP contribution in [0.15, 0.2) is 54.6 Å². The van der Waals surface area contributed by atoms with Gasteiger partial charge in [-0.15, -0.1) is 0 Å². The molecule has 0 fully saturated rings. The first-order chi connectivity index (χ1) is 8.86. The molecule has 1 aliphatic rings. The Morgan fingerprint density at radius 2 is 1.78 bits per heavy atom. The highest BCUT2D eigenvalue weighted by Gasteiger charge is 2.16. The lowest BCUT2D eigenvalue weighted by Gasteiger charge is -2.10. The minimum Gasteiger partial charge on any atom is -0.457 e. The second kappa shape index (κ2) is 4.67. The van der Waals surface area contributed by atoms with Crippen LogP contribution in [0.25, 0.3) is 6.08 Å². The SMILES string of the molecule is COC1C=Cc2cc(Oc3ccccc3)ccc21. The summed E-state index contributed by atoms with van der Waals surface area (Å²) < 4.78 is 11.2. The van der Waals surface area contributed by atoms with Crippen LogP contribution in [0.2, 0.25) is 0 Å². The van der Waals surface area contributed by atoms with Crippen LogP contribution in [0.5, 0.6) is 11.5 Å². The third kappa shape index (κ3) is 2.03. The van der Waals surface area contributed by atoms with Gasteiger partial charge in [0.1, 0.15) is 17.6 Å². The molecule has 1 aliphatic carbocycles. The van der Waals surface area contributed by atoms with Crippen molar-refractivity contribution in [3.05, 3.63) is 65.7 Å². The summed E-state index contributed by atoms with van der Waals surface area (Å²) in [6, 6.07) is 15.9. The largest absolute Gasteiger partial charge is 0.457 e. The van der Waals surface area contributed by atoms with Crippen molar-refractivity contribution >= 4 is 6.08 Å². The van der Waals surface area contributed by atoms with Gasteiger partial charge >= 0.3 is 0 Å². The Morgan fingerprint density at radius 1 is 0.944 bits per heavy atom. The molecule has 0 bridgehead atoms. The summed E-state index contributed by atoms with van der Waals surface area (Å²) in [5.41, 5.74) is 2.35. The smallest absolute Gasteiger partial charge is 0.128 e. The molecule has 18 heavy (non-hydrogen) atoms. The molecule has 0 radical (unpaired) electrons. The monoisotopic (exact) mass is 238 g/mol. The van der Waals surface area contributed by atoms with Gasteiger partial charge in [-0.2, -0.15) is 0 Å². The van der Waals surface area contributed by atoms with Crippen LogP contribution in [-0.4, -0.2) is 7.11 Å². The maximum atomic E-state index is 5.80. The van der Waals surface area contributed by atoms with Gasteiger partial charge in [0, 0.05) is 7.11 Å². The van der Waals surface area contributed by atoms with Crippen molar-refractivity contribution in [2.24, 2.45) is 0 Å². The van der Waals surface area contributed by atoms with E-state index in [1.807, 2.05) is 42.5 Å². The lowest BCUT2D eigenvalue weighted by Crippen LogP contribution is -1.95. The van der Waals surface area contributed by atoms with Crippen molar-refractivity contribution in [2.45, 2.75) is 6.10 Å². The molecular weight excluding hydrogens is 224 g/mol. The van der Waals surface area contributed by atoms with Crippen molar-refractivity contribution in [2.75, 3.05) is 7.11 Å². The predicted molar refractivity (Wildman–Crippen MR) is 71.7 cm³/mol. The van der Waals surface area contributed by atoms with Crippen molar-refractivity contribution in [3.63, 3.8) is 0 Å². The summed E-state index contributed by atoms with van der Waals surface area (Å²) >= 11 is 0. The normalized spacial score (nSPS) is 16.6. The van der Waals surface area contributed by atoms with Crippen LogP contribution < -0.4 is 4.74 Å². The molecule has 0 amide bonds. The van der Waals surface area contributed by atoms with Gasteiger partial charge in [0.25, 0.3) is 0 Å². The minimum absolute atomic E-state index is 0.0748. The molecule has 2 aromatic rings. The van der Waals surface area contributed by atoms with Crippen LogP contribution in [-0.2, 0) is 4.74 Å². The Labute approximate surface area is 106 Å². The first-order valence-electron chi connectivity index (χ1n) is 5.94. The van der Waals surface area contributed by atoms with Gasteiger partial charge in [-0.05, 0) is 35.4 Å². The summed E-state index contributed by atoms with van der Waals surface area (Å²) in [6.07, 6.45) is 4.20. The summed E-state index contributed by atoms with van der Waals surface area (Å²) in [5.74, 6) is 1.70. The molecule has 0 saturated carbocycles. The molecule has 0 aromatic heterocycles. The van der Waals surface area contributed by atoms with Gasteiger partial charge in [-0.25, -0.2) is 0 Å². The first-order valence-corrected chi connectivity index (χ1v) is 5.94. The van der Waals surface area contributed by atoms with E-state index in [9.17, 15) is 0 Å². The average molecular weight is 238 g/mol. The number of methoxy groups -OCH3 is 1. The maximum Gasteiger partial charge on any atom is 0.128 e. The summed E-state index contributed by atoms with van der Waals surface area (Å²) in [5, 5.41) is 0. The number of fused-ring (bicyclic) bond motifs is 1. The minimum atomic E-state index is 0.0748. The molecule has 0 saturated heterocycles. The van der Waals surface area contributed by atoms with Crippen LogP contribution in [0.3, 0.4) is 0 Å². The number of ether oxygens (including phenoxy) is 2. The van der Waals surface area contributed by atoms with E-state index in [-0.39, 0.29) is 6.10 Å². The fourth-order valence-electron chi connectivity index (χ4n) is 2.14. The molecule has 0 spiro atoms. The van der Waals surface area contributed by atoms with Crippen molar-refractivity contribution < 1.29 is 9.47 Å². The number of rotatable bonds is 3. The van der Waals surface area contributed by atoms with Gasteiger partial charge < -0.3 is 9.47 Å². The van der Waals surface area contributed by atoms with E-state index in [0.29, 0.717) is 0 Å². The highest BCUT2D eigenvalue weighted by molar-refractivity contribution is 5.63. The molecule has 1 atom stereocenters. The topological polar surface area (TPSA) is 18.5 Å². The zero-order valence-corrected chi connectivity index (χ0v) is 10.2. The number of hydrogen-bond donors (Lipinski definition) is 0. The van der Waals surface area contributed by atoms with E-state index >= 15 is 0 Å². The molecule has 90 valence electrons. The van der Waals surface area contributed by atoms with Crippen LogP contribution in [0.1, 0.15) is 17.2 Å². The highest BCUT2D eigenvalue weighted by Crippen LogP contribution is 2.34. The van der Waals surface area contributed by atoms with E-state index in [1.165, 1.54) is 5.56 Å². The van der Waals surface area contributed by atoms with Crippen molar-refractivity contribution in [3.8, 4) is 11.5 Å². The number of hydrogen-bond acceptors (Lipinski definition) is 2.